The number of hydrogen-bond donors (Lipinski definition) is 1. The van der Waals surface area contributed by atoms with Crippen LogP contribution in [0.25, 0.3) is 22.9 Å². The molecular weight excluding hydrogens is 426 g/mol. The average Bonchev–Trinajstić information content (AvgIpc) is 3.00. The fourth-order valence-corrected chi connectivity index (χ4v) is 4.23. The Bertz CT molecular complexity index is 1160. The van der Waals surface area contributed by atoms with E-state index in [4.69, 9.17) is 4.74 Å². The van der Waals surface area contributed by atoms with Gasteiger partial charge < -0.3 is 10.1 Å². The Balaban J connectivity index is 2.07. The van der Waals surface area contributed by atoms with E-state index in [1.54, 1.807) is 25.1 Å². The first kappa shape index (κ1) is 24.3. The third kappa shape index (κ3) is 5.18. The maximum absolute atomic E-state index is 14.3. The average molecular weight is 455 g/mol. The second-order valence-electron chi connectivity index (χ2n) is 9.22. The lowest BCUT2D eigenvalue weighted by Crippen LogP contribution is -2.41. The summed E-state index contributed by atoms with van der Waals surface area (Å²) >= 11 is 0. The summed E-state index contributed by atoms with van der Waals surface area (Å²) in [6.07, 6.45) is 2.80. The smallest absolute Gasteiger partial charge is 0.221 e. The molecule has 1 unspecified atom stereocenters. The summed E-state index contributed by atoms with van der Waals surface area (Å²) in [5.41, 5.74) is 2.36. The normalized spacial score (nSPS) is 16.2. The summed E-state index contributed by atoms with van der Waals surface area (Å²) in [6, 6.07) is 4.13. The zero-order valence-corrected chi connectivity index (χ0v) is 19.5. The molecule has 3 rings (SSSR count). The summed E-state index contributed by atoms with van der Waals surface area (Å²) in [4.78, 5) is 29.4. The van der Waals surface area contributed by atoms with Gasteiger partial charge in [-0.05, 0) is 56.5 Å². The lowest BCUT2D eigenvalue weighted by Gasteiger charge is -2.22. The van der Waals surface area contributed by atoms with E-state index in [0.29, 0.717) is 33.6 Å². The van der Waals surface area contributed by atoms with E-state index in [-0.39, 0.29) is 41.7 Å². The van der Waals surface area contributed by atoms with Crippen LogP contribution in [0.1, 0.15) is 50.3 Å². The zero-order chi connectivity index (χ0) is 24.5. The van der Waals surface area contributed by atoms with Crippen molar-refractivity contribution in [1.29, 1.82) is 0 Å². The third-order valence-corrected chi connectivity index (χ3v) is 5.41. The summed E-state index contributed by atoms with van der Waals surface area (Å²) in [5.74, 6) is -1.77. The monoisotopic (exact) mass is 454 g/mol. The number of amides is 1. The lowest BCUT2D eigenvalue weighted by molar-refractivity contribution is -0.123. The highest BCUT2D eigenvalue weighted by Gasteiger charge is 2.37. The Morgan fingerprint density at radius 1 is 1.30 bits per heavy atom. The van der Waals surface area contributed by atoms with Crippen molar-refractivity contribution in [3.8, 4) is 11.3 Å². The van der Waals surface area contributed by atoms with Crippen LogP contribution >= 0.6 is 0 Å². The van der Waals surface area contributed by atoms with E-state index in [1.807, 2.05) is 20.8 Å². The number of aryl methyl sites for hydroxylation is 1. The molecule has 1 aliphatic rings. The number of ether oxygens (including phenoxy) is 1. The minimum Gasteiger partial charge on any atom is -0.500 e. The van der Waals surface area contributed by atoms with Gasteiger partial charge in [0.1, 0.15) is 17.3 Å². The van der Waals surface area contributed by atoms with Gasteiger partial charge in [-0.2, -0.15) is 0 Å². The molecule has 5 nitrogen and oxygen atoms in total. The number of aromatic nitrogens is 1. The Morgan fingerprint density at radius 2 is 2.00 bits per heavy atom. The molecule has 33 heavy (non-hydrogen) atoms. The molecule has 1 atom stereocenters. The quantitative estimate of drug-likeness (QED) is 0.649. The molecule has 1 aliphatic carbocycles. The van der Waals surface area contributed by atoms with Crippen LogP contribution < -0.4 is 5.32 Å². The summed E-state index contributed by atoms with van der Waals surface area (Å²) in [6.45, 7) is 11.3. The van der Waals surface area contributed by atoms with Crippen molar-refractivity contribution in [3.05, 3.63) is 65.1 Å². The van der Waals surface area contributed by atoms with Crippen LogP contribution in [0.4, 0.5) is 8.78 Å². The van der Waals surface area contributed by atoms with Crippen LogP contribution in [-0.4, -0.2) is 29.3 Å². The van der Waals surface area contributed by atoms with Gasteiger partial charge in [-0.1, -0.05) is 12.7 Å². The predicted octanol–water partition coefficient (Wildman–Crippen LogP) is 5.23. The first-order valence-corrected chi connectivity index (χ1v) is 10.7. The molecule has 1 N–H and O–H groups in total. The van der Waals surface area contributed by atoms with Gasteiger partial charge >= 0.3 is 0 Å². The molecule has 2 aromatic rings. The molecule has 1 amide bonds. The molecule has 0 bridgehead atoms. The van der Waals surface area contributed by atoms with Gasteiger partial charge in [0.05, 0.1) is 18.9 Å². The second kappa shape index (κ2) is 9.25. The van der Waals surface area contributed by atoms with Gasteiger partial charge in [0.25, 0.3) is 0 Å². The molecule has 174 valence electrons. The number of ketones is 1. The maximum atomic E-state index is 14.3. The number of pyridine rings is 1. The molecular formula is C26H28F2N2O3. The minimum absolute atomic E-state index is 0.00423. The van der Waals surface area contributed by atoms with Gasteiger partial charge in [0, 0.05) is 35.9 Å². The van der Waals surface area contributed by atoms with Gasteiger partial charge in [0.2, 0.25) is 5.91 Å². The number of Topliss-reactive ketones (excluding diaryl/α,β-unsaturated/α-hetero) is 1. The fourth-order valence-electron chi connectivity index (χ4n) is 4.23. The number of benzene rings is 1. The van der Waals surface area contributed by atoms with E-state index < -0.39 is 11.6 Å². The number of halogens is 2. The van der Waals surface area contributed by atoms with E-state index in [2.05, 4.69) is 16.9 Å². The first-order valence-electron chi connectivity index (χ1n) is 10.7. The summed E-state index contributed by atoms with van der Waals surface area (Å²) < 4.78 is 33.2. The molecule has 7 heteroatoms. The van der Waals surface area contributed by atoms with Crippen LogP contribution in [0.15, 0.2) is 36.7 Å². The van der Waals surface area contributed by atoms with E-state index >= 15 is 0 Å². The van der Waals surface area contributed by atoms with Crippen molar-refractivity contribution in [1.82, 2.24) is 10.3 Å². The molecule has 1 heterocycles. The first-order chi connectivity index (χ1) is 15.4. The Kier molecular flexibility index (Phi) is 6.81. The van der Waals surface area contributed by atoms with Crippen molar-refractivity contribution in [2.75, 3.05) is 7.11 Å². The molecule has 1 aromatic carbocycles. The van der Waals surface area contributed by atoms with Crippen LogP contribution in [0.3, 0.4) is 0 Å². The van der Waals surface area contributed by atoms with Crippen molar-refractivity contribution < 1.29 is 23.1 Å². The standard InChI is InChI=1S/C26H28F2N2O3/c1-7-15-9-16(24-19(28)12-18(27)13-29-24)8-14(2)22(15)23-20(31)10-17(25(23)33-6)11-21(32)30-26(3,4)5/h7-9,12-13,17H,1,10-11H2,2-6H3,(H,30,32). The predicted molar refractivity (Wildman–Crippen MR) is 124 cm³/mol. The second-order valence-corrected chi connectivity index (χ2v) is 9.22. The minimum atomic E-state index is -0.782. The van der Waals surface area contributed by atoms with Crippen molar-refractivity contribution in [3.63, 3.8) is 0 Å². The highest BCUT2D eigenvalue weighted by Crippen LogP contribution is 2.41. The summed E-state index contributed by atoms with van der Waals surface area (Å²) in [5, 5.41) is 2.92. The zero-order valence-electron chi connectivity index (χ0n) is 19.5. The van der Waals surface area contributed by atoms with E-state index in [9.17, 15) is 18.4 Å². The number of hydrogen-bond acceptors (Lipinski definition) is 4. The van der Waals surface area contributed by atoms with E-state index in [0.717, 1.165) is 12.3 Å². The van der Waals surface area contributed by atoms with Crippen LogP contribution in [0.5, 0.6) is 0 Å². The lowest BCUT2D eigenvalue weighted by atomic mass is 9.90. The largest absolute Gasteiger partial charge is 0.500 e. The van der Waals surface area contributed by atoms with Crippen molar-refractivity contribution in [2.45, 2.75) is 46.1 Å². The van der Waals surface area contributed by atoms with Gasteiger partial charge in [-0.3, -0.25) is 14.6 Å². The third-order valence-electron chi connectivity index (χ3n) is 5.41. The van der Waals surface area contributed by atoms with Gasteiger partial charge in [-0.15, -0.1) is 0 Å². The maximum Gasteiger partial charge on any atom is 0.221 e. The molecule has 1 aromatic heterocycles. The van der Waals surface area contributed by atoms with Gasteiger partial charge in [0.15, 0.2) is 11.6 Å². The highest BCUT2D eigenvalue weighted by molar-refractivity contribution is 6.25. The molecule has 0 saturated heterocycles. The van der Waals surface area contributed by atoms with Crippen LogP contribution in [0, 0.1) is 24.5 Å². The van der Waals surface area contributed by atoms with Crippen LogP contribution in [-0.2, 0) is 14.3 Å². The van der Waals surface area contributed by atoms with Crippen molar-refractivity contribution >= 4 is 23.3 Å². The van der Waals surface area contributed by atoms with Gasteiger partial charge in [-0.25, -0.2) is 8.78 Å². The number of rotatable bonds is 6. The number of allylic oxidation sites excluding steroid dienone is 2. The molecule has 0 fully saturated rings. The Labute approximate surface area is 192 Å². The fraction of sp³-hybridized carbons (Fsp3) is 0.346. The Morgan fingerprint density at radius 3 is 2.58 bits per heavy atom. The number of nitrogens with one attached hydrogen (secondary N) is 1. The molecule has 0 radical (unpaired) electrons. The SMILES string of the molecule is C=Cc1cc(-c2ncc(F)cc2F)cc(C)c1C1=C(OC)C(CC(=O)NC(C)(C)C)CC1=O. The topological polar surface area (TPSA) is 68.3 Å². The number of carbonyl (C=O) groups excluding carboxylic acids is 2. The van der Waals surface area contributed by atoms with E-state index in [1.165, 1.54) is 7.11 Å². The highest BCUT2D eigenvalue weighted by atomic mass is 19.1. The van der Waals surface area contributed by atoms with Crippen LogP contribution in [0.2, 0.25) is 0 Å². The number of carbonyl (C=O) groups is 2. The number of methoxy groups -OCH3 is 1. The number of nitrogens with zero attached hydrogens (tertiary/aromatic N) is 1. The molecule has 0 spiro atoms. The molecule has 0 saturated carbocycles. The summed E-state index contributed by atoms with van der Waals surface area (Å²) in [7, 11) is 1.48. The molecule has 0 aliphatic heterocycles. The Hall–Kier alpha value is -3.35. The van der Waals surface area contributed by atoms with Crippen molar-refractivity contribution in [2.24, 2.45) is 5.92 Å².